The highest BCUT2D eigenvalue weighted by Crippen LogP contribution is 2.68. The van der Waals surface area contributed by atoms with E-state index in [4.69, 9.17) is 0 Å². The first-order chi connectivity index (χ1) is 15.0. The number of hydrogen-bond acceptors (Lipinski definition) is 4. The highest BCUT2D eigenvalue weighted by molar-refractivity contribution is 5.14. The third-order valence-electron chi connectivity index (χ3n) is 11.1. The van der Waals surface area contributed by atoms with Gasteiger partial charge in [-0.1, -0.05) is 46.8 Å². The SMILES string of the molecule is CC(C)[C@@H](/C=C/[C@@H](C)[C@H]1C[C@@H](O)C2C3C[C@H](O)[C@H]4C[C@@H](O)CC[C@]4(C)C3CC[C@@]21C)CO. The molecule has 3 unspecified atom stereocenters. The molecule has 0 spiro atoms. The maximum absolute atomic E-state index is 11.4. The van der Waals surface area contributed by atoms with Gasteiger partial charge in [-0.25, -0.2) is 0 Å². The predicted molar refractivity (Wildman–Crippen MR) is 128 cm³/mol. The molecule has 4 saturated carbocycles. The van der Waals surface area contributed by atoms with E-state index in [1.165, 1.54) is 6.42 Å². The van der Waals surface area contributed by atoms with E-state index in [1.807, 2.05) is 0 Å². The van der Waals surface area contributed by atoms with Crippen LogP contribution < -0.4 is 0 Å². The van der Waals surface area contributed by atoms with Crippen LogP contribution in [0.4, 0.5) is 0 Å². The van der Waals surface area contributed by atoms with Gasteiger partial charge in [-0.05, 0) is 97.2 Å². The zero-order valence-electron chi connectivity index (χ0n) is 21.0. The van der Waals surface area contributed by atoms with Crippen molar-refractivity contribution >= 4 is 0 Å². The van der Waals surface area contributed by atoms with Crippen molar-refractivity contribution < 1.29 is 20.4 Å². The van der Waals surface area contributed by atoms with Gasteiger partial charge in [-0.2, -0.15) is 0 Å². The minimum atomic E-state index is -0.363. The van der Waals surface area contributed by atoms with E-state index in [0.29, 0.717) is 29.6 Å². The van der Waals surface area contributed by atoms with Gasteiger partial charge >= 0.3 is 0 Å². The Morgan fingerprint density at radius 3 is 2.19 bits per heavy atom. The molecule has 4 aliphatic rings. The summed E-state index contributed by atoms with van der Waals surface area (Å²) in [7, 11) is 0. The first kappa shape index (κ1) is 24.7. The Morgan fingerprint density at radius 2 is 1.53 bits per heavy atom. The molecule has 0 amide bonds. The summed E-state index contributed by atoms with van der Waals surface area (Å²) in [5.41, 5.74) is 0.172. The number of hydrogen-bond donors (Lipinski definition) is 4. The predicted octanol–water partition coefficient (Wildman–Crippen LogP) is 4.40. The molecule has 184 valence electrons. The third kappa shape index (κ3) is 3.91. The number of aliphatic hydroxyl groups is 4. The molecule has 12 atom stereocenters. The number of rotatable bonds is 5. The maximum Gasteiger partial charge on any atom is 0.0579 e. The Hall–Kier alpha value is -0.420. The van der Waals surface area contributed by atoms with Crippen LogP contribution in [0.2, 0.25) is 0 Å². The molecular formula is C28H48O4. The summed E-state index contributed by atoms with van der Waals surface area (Å²) in [6, 6.07) is 0. The van der Waals surface area contributed by atoms with Crippen LogP contribution in [0.15, 0.2) is 12.2 Å². The average Bonchev–Trinajstić information content (AvgIpc) is 3.00. The van der Waals surface area contributed by atoms with E-state index in [2.05, 4.69) is 46.8 Å². The Morgan fingerprint density at radius 1 is 0.844 bits per heavy atom. The fraction of sp³-hybridized carbons (Fsp3) is 0.929. The lowest BCUT2D eigenvalue weighted by Gasteiger charge is -2.62. The second-order valence-corrected chi connectivity index (χ2v) is 12.9. The monoisotopic (exact) mass is 448 g/mol. The van der Waals surface area contributed by atoms with E-state index in [9.17, 15) is 20.4 Å². The second kappa shape index (κ2) is 8.98. The van der Waals surface area contributed by atoms with Crippen LogP contribution in [0.25, 0.3) is 0 Å². The molecule has 4 aliphatic carbocycles. The molecule has 0 heterocycles. The van der Waals surface area contributed by atoms with Crippen LogP contribution in [0.1, 0.15) is 79.6 Å². The molecule has 4 rings (SSSR count). The van der Waals surface area contributed by atoms with Gasteiger partial charge in [-0.15, -0.1) is 0 Å². The normalized spacial score (nSPS) is 50.7. The van der Waals surface area contributed by atoms with E-state index in [-0.39, 0.29) is 53.5 Å². The lowest BCUT2D eigenvalue weighted by molar-refractivity contribution is -0.180. The molecule has 0 aliphatic heterocycles. The van der Waals surface area contributed by atoms with Crippen LogP contribution in [0.3, 0.4) is 0 Å². The van der Waals surface area contributed by atoms with Gasteiger partial charge < -0.3 is 20.4 Å². The van der Waals surface area contributed by atoms with Crippen molar-refractivity contribution in [3.8, 4) is 0 Å². The van der Waals surface area contributed by atoms with Crippen LogP contribution in [0.5, 0.6) is 0 Å². The second-order valence-electron chi connectivity index (χ2n) is 12.9. The van der Waals surface area contributed by atoms with E-state index in [0.717, 1.165) is 38.5 Å². The van der Waals surface area contributed by atoms with Crippen molar-refractivity contribution in [2.75, 3.05) is 6.61 Å². The highest BCUT2D eigenvalue weighted by Gasteiger charge is 2.64. The van der Waals surface area contributed by atoms with Gasteiger partial charge in [0, 0.05) is 12.5 Å². The fourth-order valence-electron chi connectivity index (χ4n) is 9.15. The van der Waals surface area contributed by atoms with Gasteiger partial charge in [0.15, 0.2) is 0 Å². The van der Waals surface area contributed by atoms with Crippen LogP contribution >= 0.6 is 0 Å². The lowest BCUT2D eigenvalue weighted by Crippen LogP contribution is -2.59. The zero-order valence-corrected chi connectivity index (χ0v) is 21.0. The van der Waals surface area contributed by atoms with Crippen LogP contribution in [-0.2, 0) is 0 Å². The smallest absolute Gasteiger partial charge is 0.0579 e. The Kier molecular flexibility index (Phi) is 6.93. The summed E-state index contributed by atoms with van der Waals surface area (Å²) in [6.45, 7) is 11.6. The summed E-state index contributed by atoms with van der Waals surface area (Å²) in [5.74, 6) is 2.77. The summed E-state index contributed by atoms with van der Waals surface area (Å²) in [6.07, 6.45) is 10.1. The zero-order chi connectivity index (χ0) is 23.4. The third-order valence-corrected chi connectivity index (χ3v) is 11.1. The lowest BCUT2D eigenvalue weighted by atomic mass is 9.43. The molecule has 0 aromatic carbocycles. The molecule has 4 fully saturated rings. The van der Waals surface area contributed by atoms with Gasteiger partial charge in [0.05, 0.1) is 18.3 Å². The first-order valence-electron chi connectivity index (χ1n) is 13.4. The Labute approximate surface area is 195 Å². The first-order valence-corrected chi connectivity index (χ1v) is 13.4. The molecule has 0 aromatic heterocycles. The molecule has 0 aromatic rings. The molecular weight excluding hydrogens is 400 g/mol. The minimum Gasteiger partial charge on any atom is -0.396 e. The van der Waals surface area contributed by atoms with Crippen molar-refractivity contribution in [1.29, 1.82) is 0 Å². The highest BCUT2D eigenvalue weighted by atomic mass is 16.3. The van der Waals surface area contributed by atoms with Gasteiger partial charge in [-0.3, -0.25) is 0 Å². The fourth-order valence-corrected chi connectivity index (χ4v) is 9.15. The topological polar surface area (TPSA) is 80.9 Å². The molecule has 0 radical (unpaired) electrons. The molecule has 4 heteroatoms. The van der Waals surface area contributed by atoms with Crippen molar-refractivity contribution in [2.24, 2.45) is 58.2 Å². The van der Waals surface area contributed by atoms with Crippen LogP contribution in [-0.4, -0.2) is 45.3 Å². The maximum atomic E-state index is 11.4. The molecule has 4 N–H and O–H groups in total. The quantitative estimate of drug-likeness (QED) is 0.470. The molecule has 0 saturated heterocycles. The number of allylic oxidation sites excluding steroid dienone is 1. The van der Waals surface area contributed by atoms with Crippen molar-refractivity contribution in [3.63, 3.8) is 0 Å². The summed E-state index contributed by atoms with van der Waals surface area (Å²) < 4.78 is 0. The van der Waals surface area contributed by atoms with E-state index in [1.54, 1.807) is 0 Å². The molecule has 4 nitrogen and oxygen atoms in total. The summed E-state index contributed by atoms with van der Waals surface area (Å²) in [5, 5.41) is 42.6. The summed E-state index contributed by atoms with van der Waals surface area (Å²) in [4.78, 5) is 0. The molecule has 0 bridgehead atoms. The van der Waals surface area contributed by atoms with Gasteiger partial charge in [0.2, 0.25) is 0 Å². The van der Waals surface area contributed by atoms with Crippen molar-refractivity contribution in [1.82, 2.24) is 0 Å². The number of fused-ring (bicyclic) bond motifs is 5. The Bertz CT molecular complexity index is 691. The van der Waals surface area contributed by atoms with Gasteiger partial charge in [0.25, 0.3) is 0 Å². The van der Waals surface area contributed by atoms with Gasteiger partial charge in [0.1, 0.15) is 0 Å². The average molecular weight is 449 g/mol. The largest absolute Gasteiger partial charge is 0.396 e. The molecule has 32 heavy (non-hydrogen) atoms. The van der Waals surface area contributed by atoms with E-state index >= 15 is 0 Å². The standard InChI is InChI=1S/C28H48O4/c1-16(2)18(15-29)7-6-17(3)22-14-25(32)26-20-13-24(31)23-12-19(30)8-10-27(23,4)21(20)9-11-28(22,26)5/h6-7,16-26,29-32H,8-15H2,1-5H3/b7-6+/t17-,18+,19+,20?,21?,22-,23-,24+,25-,26?,27-,28-/m1/s1. The summed E-state index contributed by atoms with van der Waals surface area (Å²) >= 11 is 0. The minimum absolute atomic E-state index is 0.0812. The van der Waals surface area contributed by atoms with Crippen molar-refractivity contribution in [3.05, 3.63) is 12.2 Å². The Balaban J connectivity index is 1.57. The van der Waals surface area contributed by atoms with Crippen molar-refractivity contribution in [2.45, 2.75) is 97.9 Å². The number of aliphatic hydroxyl groups excluding tert-OH is 4. The van der Waals surface area contributed by atoms with E-state index < -0.39 is 0 Å². The van der Waals surface area contributed by atoms with Crippen LogP contribution in [0, 0.1) is 58.2 Å².